The van der Waals surface area contributed by atoms with Gasteiger partial charge in [-0.1, -0.05) is 30.3 Å². The molecular formula is C39H23F13N2. The zero-order chi connectivity index (χ0) is 39.5. The van der Waals surface area contributed by atoms with Crippen LogP contribution >= 0.6 is 0 Å². The van der Waals surface area contributed by atoms with Gasteiger partial charge in [0.05, 0.1) is 11.1 Å². The van der Waals surface area contributed by atoms with Gasteiger partial charge in [0.25, 0.3) is 0 Å². The van der Waals surface area contributed by atoms with Crippen molar-refractivity contribution in [2.24, 2.45) is 0 Å². The molecule has 0 radical (unpaired) electrons. The van der Waals surface area contributed by atoms with E-state index in [4.69, 9.17) is 0 Å². The van der Waals surface area contributed by atoms with Crippen molar-refractivity contribution in [3.8, 4) is 0 Å². The third-order valence-electron chi connectivity index (χ3n) is 8.40. The maximum absolute atomic E-state index is 15.6. The summed E-state index contributed by atoms with van der Waals surface area (Å²) in [4.78, 5) is 1.66. The van der Waals surface area contributed by atoms with Crippen LogP contribution in [-0.2, 0) is 18.5 Å². The highest BCUT2D eigenvalue weighted by Crippen LogP contribution is 2.47. The highest BCUT2D eigenvalue weighted by molar-refractivity contribution is 5.90. The molecule has 6 aromatic carbocycles. The van der Waals surface area contributed by atoms with Crippen LogP contribution in [0, 0.1) is 37.1 Å². The van der Waals surface area contributed by atoms with Gasteiger partial charge in [-0.2, -0.15) is 39.5 Å². The Morgan fingerprint density at radius 3 is 1.26 bits per heavy atom. The van der Waals surface area contributed by atoms with E-state index in [-0.39, 0.29) is 39.6 Å². The molecule has 280 valence electrons. The maximum atomic E-state index is 15.6. The smallest absolute Gasteiger partial charge is 0.310 e. The standard InChI is InChI=1S/C39H23F13N2/c1-20-13-24(37(44,45)46)18-29(15-20)53(30-16-21(2)14-25(19-30)38(47,48)49)26-9-11-27(12-10-26)54(28-8-7-22-5-3-4-6-23(22)17-28)36-34(42)32(40)31(39(50,51)52)33(41)35(36)43/h3-19H,1-2H3. The molecule has 2 nitrogen and oxygen atoms in total. The summed E-state index contributed by atoms with van der Waals surface area (Å²) in [6, 6.07) is 20.6. The summed E-state index contributed by atoms with van der Waals surface area (Å²) >= 11 is 0. The molecule has 0 unspecified atom stereocenters. The molecule has 6 aromatic rings. The van der Waals surface area contributed by atoms with Crippen LogP contribution in [0.2, 0.25) is 0 Å². The van der Waals surface area contributed by atoms with E-state index >= 15 is 8.78 Å². The van der Waals surface area contributed by atoms with E-state index in [1.165, 1.54) is 44.2 Å². The van der Waals surface area contributed by atoms with Gasteiger partial charge in [-0.3, -0.25) is 0 Å². The molecule has 6 rings (SSSR count). The number of halogens is 13. The number of rotatable bonds is 6. The average molecular weight is 767 g/mol. The molecule has 0 atom stereocenters. The minimum Gasteiger partial charge on any atom is -0.310 e. The fourth-order valence-corrected chi connectivity index (χ4v) is 6.10. The van der Waals surface area contributed by atoms with E-state index in [0.29, 0.717) is 27.8 Å². The molecule has 0 fully saturated rings. The lowest BCUT2D eigenvalue weighted by Crippen LogP contribution is -2.21. The predicted octanol–water partition coefficient (Wildman–Crippen LogP) is 14.0. The maximum Gasteiger partial charge on any atom is 0.422 e. The fourth-order valence-electron chi connectivity index (χ4n) is 6.10. The minimum absolute atomic E-state index is 0.0830. The first-order valence-corrected chi connectivity index (χ1v) is 15.6. The molecule has 0 N–H and O–H groups in total. The predicted molar refractivity (Wildman–Crippen MR) is 178 cm³/mol. The second kappa shape index (κ2) is 13.6. The fraction of sp³-hybridized carbons (Fsp3) is 0.128. The van der Waals surface area contributed by atoms with Crippen LogP contribution in [0.15, 0.2) is 103 Å². The first-order valence-electron chi connectivity index (χ1n) is 15.6. The lowest BCUT2D eigenvalue weighted by Gasteiger charge is -2.30. The Balaban J connectivity index is 1.59. The molecule has 0 aliphatic rings. The van der Waals surface area contributed by atoms with Gasteiger partial charge in [0.1, 0.15) is 11.3 Å². The monoisotopic (exact) mass is 766 g/mol. The Kier molecular flexibility index (Phi) is 9.57. The van der Waals surface area contributed by atoms with Crippen molar-refractivity contribution in [2.75, 3.05) is 9.80 Å². The van der Waals surface area contributed by atoms with Crippen molar-refractivity contribution in [3.63, 3.8) is 0 Å². The second-order valence-corrected chi connectivity index (χ2v) is 12.3. The normalized spacial score (nSPS) is 12.4. The largest absolute Gasteiger partial charge is 0.422 e. The van der Waals surface area contributed by atoms with Gasteiger partial charge in [-0.15, -0.1) is 0 Å². The van der Waals surface area contributed by atoms with Crippen molar-refractivity contribution >= 4 is 44.9 Å². The number of nitrogens with zero attached hydrogens (tertiary/aromatic N) is 2. The summed E-state index contributed by atoms with van der Waals surface area (Å²) in [6.45, 7) is 2.68. The molecular weight excluding hydrogens is 743 g/mol. The Morgan fingerprint density at radius 1 is 0.389 bits per heavy atom. The minimum atomic E-state index is -5.82. The molecule has 0 saturated heterocycles. The SMILES string of the molecule is Cc1cc(N(c2ccc(N(c3ccc4ccccc4c3)c3c(F)c(F)c(C(F)(F)F)c(F)c3F)cc2)c2cc(C)cc(C(F)(F)F)c2)cc(C(F)(F)F)c1. The highest BCUT2D eigenvalue weighted by atomic mass is 19.4. The van der Waals surface area contributed by atoms with Crippen molar-refractivity contribution < 1.29 is 57.1 Å². The number of anilines is 6. The van der Waals surface area contributed by atoms with Crippen molar-refractivity contribution in [1.82, 2.24) is 0 Å². The molecule has 54 heavy (non-hydrogen) atoms. The van der Waals surface area contributed by atoms with E-state index in [1.54, 1.807) is 24.3 Å². The van der Waals surface area contributed by atoms with Gasteiger partial charge in [0, 0.05) is 28.4 Å². The number of aryl methyl sites for hydroxylation is 2. The average Bonchev–Trinajstić information content (AvgIpc) is 3.08. The number of alkyl halides is 9. The van der Waals surface area contributed by atoms with Gasteiger partial charge in [-0.25, -0.2) is 17.6 Å². The van der Waals surface area contributed by atoms with Crippen LogP contribution < -0.4 is 9.80 Å². The quantitative estimate of drug-likeness (QED) is 0.123. The van der Waals surface area contributed by atoms with Gasteiger partial charge < -0.3 is 9.80 Å². The van der Waals surface area contributed by atoms with E-state index in [9.17, 15) is 48.3 Å². The van der Waals surface area contributed by atoms with Gasteiger partial charge >= 0.3 is 18.5 Å². The lowest BCUT2D eigenvalue weighted by atomic mass is 10.0. The molecule has 15 heteroatoms. The molecule has 0 aromatic heterocycles. The number of fused-ring (bicyclic) bond motifs is 1. The van der Waals surface area contributed by atoms with Crippen LogP contribution in [0.1, 0.15) is 27.8 Å². The lowest BCUT2D eigenvalue weighted by molar-refractivity contribution is -0.143. The number of benzene rings is 6. The van der Waals surface area contributed by atoms with Crippen molar-refractivity contribution in [3.05, 3.63) is 154 Å². The summed E-state index contributed by atoms with van der Waals surface area (Å²) in [5.74, 6) is -10.2. The molecule has 0 heterocycles. The first-order chi connectivity index (χ1) is 25.1. The van der Waals surface area contributed by atoms with E-state index in [2.05, 4.69) is 0 Å². The van der Waals surface area contributed by atoms with Crippen LogP contribution in [0.5, 0.6) is 0 Å². The number of hydrogen-bond acceptors (Lipinski definition) is 2. The van der Waals surface area contributed by atoms with Crippen molar-refractivity contribution in [1.29, 1.82) is 0 Å². The molecule has 0 spiro atoms. The van der Waals surface area contributed by atoms with Crippen LogP contribution in [-0.4, -0.2) is 0 Å². The Labute approximate surface area is 298 Å². The molecule has 0 aliphatic heterocycles. The number of hydrogen-bond donors (Lipinski definition) is 0. The molecule has 0 bridgehead atoms. The molecule has 0 saturated carbocycles. The Morgan fingerprint density at radius 2 is 0.815 bits per heavy atom. The van der Waals surface area contributed by atoms with E-state index < -0.39 is 64.2 Å². The zero-order valence-corrected chi connectivity index (χ0v) is 27.6. The summed E-state index contributed by atoms with van der Waals surface area (Å²) in [5, 5.41) is 1.04. The van der Waals surface area contributed by atoms with Crippen LogP contribution in [0.4, 0.5) is 91.2 Å². The van der Waals surface area contributed by atoms with Gasteiger partial charge in [-0.05, 0) is 109 Å². The van der Waals surface area contributed by atoms with Gasteiger partial charge in [0.2, 0.25) is 0 Å². The van der Waals surface area contributed by atoms with Crippen LogP contribution in [0.25, 0.3) is 10.8 Å². The zero-order valence-electron chi connectivity index (χ0n) is 27.6. The first kappa shape index (κ1) is 38.0. The Bertz CT molecular complexity index is 2290. The molecule has 0 amide bonds. The molecule has 0 aliphatic carbocycles. The summed E-state index contributed by atoms with van der Waals surface area (Å²) in [6.07, 6.45) is -15.5. The topological polar surface area (TPSA) is 6.48 Å². The summed E-state index contributed by atoms with van der Waals surface area (Å²) < 4.78 is 185. The summed E-state index contributed by atoms with van der Waals surface area (Å²) in [5.41, 5.74) is -7.48. The highest BCUT2D eigenvalue weighted by Gasteiger charge is 2.43. The second-order valence-electron chi connectivity index (χ2n) is 12.3. The van der Waals surface area contributed by atoms with Gasteiger partial charge in [0.15, 0.2) is 23.3 Å². The van der Waals surface area contributed by atoms with Crippen LogP contribution in [0.3, 0.4) is 0 Å². The van der Waals surface area contributed by atoms with E-state index in [1.807, 2.05) is 0 Å². The third kappa shape index (κ3) is 7.26. The summed E-state index contributed by atoms with van der Waals surface area (Å²) in [7, 11) is 0. The van der Waals surface area contributed by atoms with E-state index in [0.717, 1.165) is 41.3 Å². The third-order valence-corrected chi connectivity index (χ3v) is 8.40. The van der Waals surface area contributed by atoms with Crippen molar-refractivity contribution in [2.45, 2.75) is 32.4 Å². The Hall–Kier alpha value is -5.73.